The number of morpholine rings is 1. The molecule has 1 aliphatic heterocycles. The highest BCUT2D eigenvalue weighted by Crippen LogP contribution is 2.18. The lowest BCUT2D eigenvalue weighted by atomic mass is 10.0. The standard InChI is InChI=1S/C15H20ClNO2/c1-10-8-17(9-11(2)19-10)12(3)15(18)13-5-4-6-14(16)7-13/h4-7,10-12H,8-9H2,1-3H3/t10-,11+,12?. The molecule has 2 rings (SSSR count). The maximum absolute atomic E-state index is 12.5. The van der Waals surface area contributed by atoms with Crippen molar-refractivity contribution in [2.75, 3.05) is 13.1 Å². The summed E-state index contributed by atoms with van der Waals surface area (Å²) in [5, 5.41) is 0.599. The molecule has 0 spiro atoms. The van der Waals surface area contributed by atoms with Gasteiger partial charge in [0.05, 0.1) is 18.2 Å². The van der Waals surface area contributed by atoms with E-state index in [0.29, 0.717) is 10.6 Å². The Morgan fingerprint density at radius 1 is 1.37 bits per heavy atom. The topological polar surface area (TPSA) is 29.5 Å². The Kier molecular flexibility index (Phi) is 4.61. The van der Waals surface area contributed by atoms with Crippen LogP contribution in [0.5, 0.6) is 0 Å². The molecule has 1 aromatic carbocycles. The Morgan fingerprint density at radius 3 is 2.58 bits per heavy atom. The number of nitrogens with zero attached hydrogens (tertiary/aromatic N) is 1. The quantitative estimate of drug-likeness (QED) is 0.798. The van der Waals surface area contributed by atoms with Crippen LogP contribution in [0.3, 0.4) is 0 Å². The Balaban J connectivity index is 2.10. The molecule has 19 heavy (non-hydrogen) atoms. The molecular formula is C15H20ClNO2. The molecule has 0 saturated carbocycles. The summed E-state index contributed by atoms with van der Waals surface area (Å²) >= 11 is 5.94. The molecule has 0 aliphatic carbocycles. The lowest BCUT2D eigenvalue weighted by Crippen LogP contribution is -2.51. The van der Waals surface area contributed by atoms with E-state index in [1.807, 2.05) is 32.9 Å². The van der Waals surface area contributed by atoms with Gasteiger partial charge in [0.15, 0.2) is 5.78 Å². The lowest BCUT2D eigenvalue weighted by molar-refractivity contribution is -0.0744. The molecule has 0 N–H and O–H groups in total. The number of hydrogen-bond acceptors (Lipinski definition) is 3. The van der Waals surface area contributed by atoms with Gasteiger partial charge in [-0.25, -0.2) is 0 Å². The number of hydrogen-bond donors (Lipinski definition) is 0. The van der Waals surface area contributed by atoms with E-state index in [2.05, 4.69) is 4.90 Å². The van der Waals surface area contributed by atoms with Gasteiger partial charge < -0.3 is 4.74 Å². The first-order chi connectivity index (χ1) is 8.97. The molecule has 104 valence electrons. The van der Waals surface area contributed by atoms with Crippen LogP contribution in [0.25, 0.3) is 0 Å². The highest BCUT2D eigenvalue weighted by molar-refractivity contribution is 6.31. The van der Waals surface area contributed by atoms with Crippen LogP contribution in [0.15, 0.2) is 24.3 Å². The first-order valence-electron chi connectivity index (χ1n) is 6.66. The van der Waals surface area contributed by atoms with Crippen LogP contribution in [-0.2, 0) is 4.74 Å². The van der Waals surface area contributed by atoms with E-state index in [9.17, 15) is 4.79 Å². The van der Waals surface area contributed by atoms with Crippen molar-refractivity contribution < 1.29 is 9.53 Å². The van der Waals surface area contributed by atoms with E-state index in [4.69, 9.17) is 16.3 Å². The van der Waals surface area contributed by atoms with Crippen molar-refractivity contribution in [1.29, 1.82) is 0 Å². The summed E-state index contributed by atoms with van der Waals surface area (Å²) in [7, 11) is 0. The normalized spacial score (nSPS) is 26.1. The molecule has 1 unspecified atom stereocenters. The van der Waals surface area contributed by atoms with Crippen LogP contribution in [0.4, 0.5) is 0 Å². The fourth-order valence-electron chi connectivity index (χ4n) is 2.58. The minimum absolute atomic E-state index is 0.115. The van der Waals surface area contributed by atoms with Crippen LogP contribution < -0.4 is 0 Å². The maximum Gasteiger partial charge on any atom is 0.179 e. The Morgan fingerprint density at radius 2 is 2.00 bits per heavy atom. The van der Waals surface area contributed by atoms with Crippen molar-refractivity contribution in [3.05, 3.63) is 34.9 Å². The minimum Gasteiger partial charge on any atom is -0.373 e. The molecule has 1 heterocycles. The van der Waals surface area contributed by atoms with E-state index in [1.54, 1.807) is 12.1 Å². The second-order valence-corrected chi connectivity index (χ2v) is 5.70. The average molecular weight is 282 g/mol. The van der Waals surface area contributed by atoms with E-state index >= 15 is 0 Å². The van der Waals surface area contributed by atoms with E-state index in [0.717, 1.165) is 13.1 Å². The molecule has 0 radical (unpaired) electrons. The number of carbonyl (C=O) groups is 1. The maximum atomic E-state index is 12.5. The highest BCUT2D eigenvalue weighted by atomic mass is 35.5. The summed E-state index contributed by atoms with van der Waals surface area (Å²) in [6.45, 7) is 7.61. The van der Waals surface area contributed by atoms with Gasteiger partial charge in [-0.1, -0.05) is 23.7 Å². The van der Waals surface area contributed by atoms with Crippen molar-refractivity contribution in [3.8, 4) is 0 Å². The summed E-state index contributed by atoms with van der Waals surface area (Å²) in [5.41, 5.74) is 0.673. The first-order valence-corrected chi connectivity index (χ1v) is 7.04. The van der Waals surface area contributed by atoms with Crippen LogP contribution in [0.2, 0.25) is 5.02 Å². The predicted molar refractivity (Wildman–Crippen MR) is 76.8 cm³/mol. The van der Waals surface area contributed by atoms with Crippen LogP contribution in [-0.4, -0.2) is 42.0 Å². The Bertz CT molecular complexity index is 453. The summed E-state index contributed by atoms with van der Waals surface area (Å²) in [6, 6.07) is 6.99. The second kappa shape index (κ2) is 6.04. The third kappa shape index (κ3) is 3.56. The first kappa shape index (κ1) is 14.5. The zero-order valence-corrected chi connectivity index (χ0v) is 12.4. The van der Waals surface area contributed by atoms with Gasteiger partial charge in [-0.2, -0.15) is 0 Å². The largest absolute Gasteiger partial charge is 0.373 e. The lowest BCUT2D eigenvalue weighted by Gasteiger charge is -2.38. The SMILES string of the molecule is CC(C(=O)c1cccc(Cl)c1)N1C[C@@H](C)O[C@@H](C)C1. The second-order valence-electron chi connectivity index (χ2n) is 5.26. The fraction of sp³-hybridized carbons (Fsp3) is 0.533. The third-order valence-electron chi connectivity index (χ3n) is 3.48. The van der Waals surface area contributed by atoms with Crippen molar-refractivity contribution in [2.45, 2.75) is 39.0 Å². The van der Waals surface area contributed by atoms with E-state index in [-0.39, 0.29) is 24.0 Å². The van der Waals surface area contributed by atoms with Crippen LogP contribution in [0, 0.1) is 0 Å². The predicted octanol–water partition coefficient (Wildman–Crippen LogP) is 3.02. The summed E-state index contributed by atoms with van der Waals surface area (Å²) in [4.78, 5) is 14.7. The molecule has 4 heteroatoms. The molecule has 3 nitrogen and oxygen atoms in total. The molecular weight excluding hydrogens is 262 g/mol. The van der Waals surface area contributed by atoms with Crippen LogP contribution in [0.1, 0.15) is 31.1 Å². The zero-order valence-electron chi connectivity index (χ0n) is 11.6. The number of benzene rings is 1. The van der Waals surface area contributed by atoms with Gasteiger partial charge >= 0.3 is 0 Å². The molecule has 1 aromatic rings. The number of Topliss-reactive ketones (excluding diaryl/α,β-unsaturated/α-hetero) is 1. The van der Waals surface area contributed by atoms with Gasteiger partial charge in [-0.05, 0) is 32.9 Å². The molecule has 1 fully saturated rings. The molecule has 0 bridgehead atoms. The van der Waals surface area contributed by atoms with Crippen molar-refractivity contribution in [1.82, 2.24) is 4.90 Å². The zero-order chi connectivity index (χ0) is 14.0. The molecule has 1 saturated heterocycles. The van der Waals surface area contributed by atoms with Gasteiger partial charge in [0.2, 0.25) is 0 Å². The Labute approximate surface area is 119 Å². The van der Waals surface area contributed by atoms with Gasteiger partial charge in [0, 0.05) is 23.7 Å². The molecule has 3 atom stereocenters. The van der Waals surface area contributed by atoms with Gasteiger partial charge in [-0.15, -0.1) is 0 Å². The number of ether oxygens (including phenoxy) is 1. The number of halogens is 1. The smallest absolute Gasteiger partial charge is 0.179 e. The monoisotopic (exact) mass is 281 g/mol. The Hall–Kier alpha value is -0.900. The molecule has 0 amide bonds. The van der Waals surface area contributed by atoms with E-state index < -0.39 is 0 Å². The van der Waals surface area contributed by atoms with Crippen LogP contribution >= 0.6 is 11.6 Å². The number of ketones is 1. The van der Waals surface area contributed by atoms with E-state index in [1.165, 1.54) is 0 Å². The van der Waals surface area contributed by atoms with Gasteiger partial charge in [-0.3, -0.25) is 9.69 Å². The number of rotatable bonds is 3. The molecule has 1 aliphatic rings. The van der Waals surface area contributed by atoms with Gasteiger partial charge in [0.1, 0.15) is 0 Å². The van der Waals surface area contributed by atoms with Crippen molar-refractivity contribution in [2.24, 2.45) is 0 Å². The molecule has 0 aromatic heterocycles. The number of carbonyl (C=O) groups excluding carboxylic acids is 1. The summed E-state index contributed by atoms with van der Waals surface area (Å²) in [5.74, 6) is 0.115. The highest BCUT2D eigenvalue weighted by Gasteiger charge is 2.29. The van der Waals surface area contributed by atoms with Crippen molar-refractivity contribution >= 4 is 17.4 Å². The summed E-state index contributed by atoms with van der Waals surface area (Å²) in [6.07, 6.45) is 0.330. The average Bonchev–Trinajstić information content (AvgIpc) is 2.36. The van der Waals surface area contributed by atoms with Gasteiger partial charge in [0.25, 0.3) is 0 Å². The third-order valence-corrected chi connectivity index (χ3v) is 3.72. The fourth-order valence-corrected chi connectivity index (χ4v) is 2.77. The summed E-state index contributed by atoms with van der Waals surface area (Å²) < 4.78 is 5.70. The van der Waals surface area contributed by atoms with Crippen molar-refractivity contribution in [3.63, 3.8) is 0 Å². The minimum atomic E-state index is -0.146.